The Morgan fingerprint density at radius 2 is 2.25 bits per heavy atom. The lowest BCUT2D eigenvalue weighted by molar-refractivity contribution is 0.424. The van der Waals surface area contributed by atoms with E-state index >= 15 is 0 Å². The van der Waals surface area contributed by atoms with Gasteiger partial charge in [0.25, 0.3) is 0 Å². The third-order valence-electron chi connectivity index (χ3n) is 3.52. The molecule has 0 spiro atoms. The van der Waals surface area contributed by atoms with Crippen LogP contribution in [0.1, 0.15) is 25.3 Å². The number of hydrogen-bond donors (Lipinski definition) is 1. The summed E-state index contributed by atoms with van der Waals surface area (Å²) in [6.07, 6.45) is 7.55. The van der Waals surface area contributed by atoms with Crippen LogP contribution in [0.2, 0.25) is 0 Å². The van der Waals surface area contributed by atoms with Gasteiger partial charge in [0.15, 0.2) is 0 Å². The molecule has 2 unspecified atom stereocenters. The number of nitrogens with one attached hydrogen (secondary N) is 1. The Bertz CT molecular complexity index is 320. The van der Waals surface area contributed by atoms with E-state index in [0.717, 1.165) is 6.42 Å². The molecule has 1 aliphatic heterocycles. The molecule has 2 rings (SSSR count). The summed E-state index contributed by atoms with van der Waals surface area (Å²) in [6, 6.07) is 4.79. The smallest absolute Gasteiger partial charge is 0.0288 e. The van der Waals surface area contributed by atoms with Crippen LogP contribution >= 0.6 is 11.8 Å². The lowest BCUT2D eigenvalue weighted by Gasteiger charge is -2.33. The third-order valence-corrected chi connectivity index (χ3v) is 5.16. The maximum Gasteiger partial charge on any atom is 0.0288 e. The number of nitrogens with zero attached hydrogens (tertiary/aromatic N) is 1. The first kappa shape index (κ1) is 11.9. The Balaban J connectivity index is 2.06. The van der Waals surface area contributed by atoms with Crippen molar-refractivity contribution in [2.45, 2.75) is 37.0 Å². The summed E-state index contributed by atoms with van der Waals surface area (Å²) in [5.74, 6) is 1.31. The second kappa shape index (κ2) is 5.19. The highest BCUT2D eigenvalue weighted by Crippen LogP contribution is 2.41. The van der Waals surface area contributed by atoms with E-state index in [2.05, 4.69) is 48.2 Å². The van der Waals surface area contributed by atoms with Gasteiger partial charge in [-0.05, 0) is 56.7 Å². The zero-order valence-electron chi connectivity index (χ0n) is 10.1. The molecule has 3 heteroatoms. The minimum absolute atomic E-state index is 0.401. The van der Waals surface area contributed by atoms with Gasteiger partial charge >= 0.3 is 0 Å². The van der Waals surface area contributed by atoms with Crippen LogP contribution in [-0.4, -0.2) is 28.6 Å². The van der Waals surface area contributed by atoms with Crippen LogP contribution in [0.3, 0.4) is 0 Å². The average molecular weight is 236 g/mol. The first-order chi connectivity index (χ1) is 7.74. The molecule has 0 radical (unpaired) electrons. The zero-order chi connectivity index (χ0) is 11.4. The van der Waals surface area contributed by atoms with Gasteiger partial charge in [-0.25, -0.2) is 0 Å². The van der Waals surface area contributed by atoms with Crippen LogP contribution in [0.15, 0.2) is 24.5 Å². The maximum absolute atomic E-state index is 4.07. The molecule has 0 saturated carbocycles. The Hall–Kier alpha value is -0.540. The Labute approximate surface area is 102 Å². The molecule has 1 N–H and O–H groups in total. The zero-order valence-corrected chi connectivity index (χ0v) is 10.9. The first-order valence-corrected chi connectivity index (χ1v) is 6.93. The van der Waals surface area contributed by atoms with Crippen molar-refractivity contribution in [2.24, 2.45) is 0 Å². The van der Waals surface area contributed by atoms with Crippen molar-refractivity contribution in [1.82, 2.24) is 10.3 Å². The van der Waals surface area contributed by atoms with Gasteiger partial charge in [0, 0.05) is 23.2 Å². The molecule has 0 aromatic carbocycles. The predicted molar refractivity (Wildman–Crippen MR) is 70.9 cm³/mol. The Morgan fingerprint density at radius 1 is 1.50 bits per heavy atom. The summed E-state index contributed by atoms with van der Waals surface area (Å²) in [5, 5.41) is 3.49. The van der Waals surface area contributed by atoms with E-state index in [0.29, 0.717) is 10.8 Å². The van der Waals surface area contributed by atoms with Crippen LogP contribution in [0, 0.1) is 0 Å². The molecule has 1 fully saturated rings. The van der Waals surface area contributed by atoms with Crippen LogP contribution < -0.4 is 5.32 Å². The fraction of sp³-hybridized carbons (Fsp3) is 0.615. The van der Waals surface area contributed by atoms with E-state index in [1.54, 1.807) is 0 Å². The highest BCUT2D eigenvalue weighted by atomic mass is 32.2. The molecule has 1 aromatic rings. The van der Waals surface area contributed by atoms with Gasteiger partial charge in [-0.3, -0.25) is 4.98 Å². The van der Waals surface area contributed by atoms with Gasteiger partial charge in [0.2, 0.25) is 0 Å². The van der Waals surface area contributed by atoms with E-state index in [9.17, 15) is 0 Å². The number of hydrogen-bond acceptors (Lipinski definition) is 3. The van der Waals surface area contributed by atoms with Crippen molar-refractivity contribution in [2.75, 3.05) is 12.8 Å². The van der Waals surface area contributed by atoms with E-state index in [1.807, 2.05) is 12.4 Å². The molecular weight excluding hydrogens is 216 g/mol. The largest absolute Gasteiger partial charge is 0.315 e. The fourth-order valence-corrected chi connectivity index (χ4v) is 3.90. The molecule has 2 atom stereocenters. The summed E-state index contributed by atoms with van der Waals surface area (Å²) in [5.41, 5.74) is 1.38. The molecule has 1 aromatic heterocycles. The summed E-state index contributed by atoms with van der Waals surface area (Å²) in [6.45, 7) is 2.40. The first-order valence-electron chi connectivity index (χ1n) is 5.95. The molecule has 88 valence electrons. The monoisotopic (exact) mass is 236 g/mol. The van der Waals surface area contributed by atoms with Gasteiger partial charge in [0.05, 0.1) is 0 Å². The van der Waals surface area contributed by atoms with Gasteiger partial charge < -0.3 is 5.32 Å². The van der Waals surface area contributed by atoms with Crippen molar-refractivity contribution >= 4 is 11.8 Å². The number of rotatable bonds is 4. The quantitative estimate of drug-likeness (QED) is 0.869. The number of pyridine rings is 1. The SMILES string of the molecule is CNC(Cc1ccncc1)C1(C)CCCS1. The van der Waals surface area contributed by atoms with Gasteiger partial charge in [0.1, 0.15) is 0 Å². The normalized spacial score (nSPS) is 26.9. The molecule has 2 nitrogen and oxygen atoms in total. The van der Waals surface area contributed by atoms with E-state index in [-0.39, 0.29) is 0 Å². The average Bonchev–Trinajstić information content (AvgIpc) is 2.75. The molecule has 0 aliphatic carbocycles. The van der Waals surface area contributed by atoms with Gasteiger partial charge in [-0.15, -0.1) is 0 Å². The standard InChI is InChI=1S/C13H20N2S/c1-13(6-3-9-16-13)12(14-2)10-11-4-7-15-8-5-11/h4-5,7-8,12,14H,3,6,9-10H2,1-2H3. The minimum atomic E-state index is 0.401. The lowest BCUT2D eigenvalue weighted by atomic mass is 9.91. The Morgan fingerprint density at radius 3 is 2.81 bits per heavy atom. The fourth-order valence-electron chi connectivity index (χ4n) is 2.45. The second-order valence-electron chi connectivity index (χ2n) is 4.67. The van der Waals surface area contributed by atoms with Crippen LogP contribution in [-0.2, 0) is 6.42 Å². The topological polar surface area (TPSA) is 24.9 Å². The summed E-state index contributed by atoms with van der Waals surface area (Å²) >= 11 is 2.12. The van der Waals surface area contributed by atoms with Crippen molar-refractivity contribution < 1.29 is 0 Å². The van der Waals surface area contributed by atoms with Crippen molar-refractivity contribution in [3.8, 4) is 0 Å². The number of likely N-dealkylation sites (N-methyl/N-ethyl adjacent to an activating group) is 1. The van der Waals surface area contributed by atoms with Crippen LogP contribution in [0.25, 0.3) is 0 Å². The van der Waals surface area contributed by atoms with Crippen molar-refractivity contribution in [3.05, 3.63) is 30.1 Å². The highest BCUT2D eigenvalue weighted by molar-refractivity contribution is 8.00. The third kappa shape index (κ3) is 2.58. The summed E-state index contributed by atoms with van der Waals surface area (Å²) in [4.78, 5) is 4.07. The van der Waals surface area contributed by atoms with Crippen LogP contribution in [0.4, 0.5) is 0 Å². The number of thioether (sulfide) groups is 1. The maximum atomic E-state index is 4.07. The lowest BCUT2D eigenvalue weighted by Crippen LogP contribution is -2.45. The molecule has 0 bridgehead atoms. The molecule has 1 aliphatic rings. The van der Waals surface area contributed by atoms with Gasteiger partial charge in [-0.1, -0.05) is 0 Å². The van der Waals surface area contributed by atoms with E-state index in [4.69, 9.17) is 0 Å². The Kier molecular flexibility index (Phi) is 3.87. The van der Waals surface area contributed by atoms with Crippen molar-refractivity contribution in [3.63, 3.8) is 0 Å². The summed E-state index contributed by atoms with van der Waals surface area (Å²) in [7, 11) is 2.08. The molecule has 16 heavy (non-hydrogen) atoms. The van der Waals surface area contributed by atoms with Crippen LogP contribution in [0.5, 0.6) is 0 Å². The second-order valence-corrected chi connectivity index (χ2v) is 6.30. The molecule has 2 heterocycles. The number of aromatic nitrogens is 1. The highest BCUT2D eigenvalue weighted by Gasteiger charge is 2.36. The molecule has 0 amide bonds. The molecular formula is C13H20N2S. The predicted octanol–water partition coefficient (Wildman–Crippen LogP) is 2.50. The minimum Gasteiger partial charge on any atom is -0.315 e. The van der Waals surface area contributed by atoms with E-state index in [1.165, 1.54) is 24.2 Å². The van der Waals surface area contributed by atoms with E-state index < -0.39 is 0 Å². The molecule has 1 saturated heterocycles. The summed E-state index contributed by atoms with van der Waals surface area (Å²) < 4.78 is 0.401. The van der Waals surface area contributed by atoms with Crippen molar-refractivity contribution in [1.29, 1.82) is 0 Å². The van der Waals surface area contributed by atoms with Gasteiger partial charge in [-0.2, -0.15) is 11.8 Å².